The van der Waals surface area contributed by atoms with Crippen molar-refractivity contribution in [2.24, 2.45) is 102 Å². The highest BCUT2D eigenvalue weighted by molar-refractivity contribution is 5.98. The zero-order valence-corrected chi connectivity index (χ0v) is 47.8. The van der Waals surface area contributed by atoms with Gasteiger partial charge < -0.3 is 83.5 Å². The Morgan fingerprint density at radius 3 is 1.52 bits per heavy atom. The number of likely N-dealkylation sites (tertiary alicyclic amines) is 1. The zero-order valence-electron chi connectivity index (χ0n) is 47.8. The predicted octanol–water partition coefficient (Wildman–Crippen LogP) is -3.35. The number of rotatable bonds is 43. The number of hydrogen-bond donors (Lipinski definition) is 14. The summed E-state index contributed by atoms with van der Waals surface area (Å²) < 4.78 is 0. The van der Waals surface area contributed by atoms with E-state index in [0.717, 1.165) is 0 Å². The number of primary amides is 3. The Morgan fingerprint density at radius 1 is 0.519 bits per heavy atom. The number of amides is 8. The number of guanidine groups is 3. The third kappa shape index (κ3) is 28.5. The normalized spacial score (nSPS) is 15.9. The van der Waals surface area contributed by atoms with Crippen molar-refractivity contribution in [3.8, 4) is 0 Å². The van der Waals surface area contributed by atoms with E-state index in [2.05, 4.69) is 36.2 Å². The van der Waals surface area contributed by atoms with E-state index in [1.165, 1.54) is 11.8 Å². The molecule has 1 saturated heterocycles. The number of nitrogens with zero attached hydrogens (tertiary/aromatic N) is 4. The van der Waals surface area contributed by atoms with Gasteiger partial charge in [-0.3, -0.25) is 67.7 Å². The van der Waals surface area contributed by atoms with Crippen molar-refractivity contribution in [2.45, 2.75) is 180 Å². The summed E-state index contributed by atoms with van der Waals surface area (Å²) in [5.41, 5.74) is 55.0. The molecule has 0 aromatic heterocycles. The Hall–Kier alpha value is -7.46. The number of carbonyl (C=O) groups is 11. The first-order valence-corrected chi connectivity index (χ1v) is 28.0. The monoisotopic (exact) mass is 1150 g/mol. The molecule has 1 aliphatic rings. The first-order chi connectivity index (χ1) is 38.1. The van der Waals surface area contributed by atoms with Crippen LogP contribution in [0, 0.1) is 29.6 Å². The van der Waals surface area contributed by atoms with Crippen molar-refractivity contribution in [1.82, 2.24) is 26.2 Å². The number of carbonyl (C=O) groups excluding carboxylic acids is 11. The molecule has 29 heteroatoms. The van der Waals surface area contributed by atoms with Crippen LogP contribution in [0.1, 0.15) is 150 Å². The summed E-state index contributed by atoms with van der Waals surface area (Å²) in [6.07, 6.45) is 1.24. The number of nitrogens with two attached hydrogens (primary N) is 10. The first kappa shape index (κ1) is 71.6. The lowest BCUT2D eigenvalue weighted by molar-refractivity contribution is -0.142. The third-order valence-corrected chi connectivity index (χ3v) is 14.0. The van der Waals surface area contributed by atoms with Gasteiger partial charge in [-0.05, 0) is 102 Å². The Bertz CT molecular complexity index is 2210. The summed E-state index contributed by atoms with van der Waals surface area (Å²) >= 11 is 0. The van der Waals surface area contributed by atoms with Crippen molar-refractivity contribution in [1.29, 1.82) is 0 Å². The van der Waals surface area contributed by atoms with Crippen LogP contribution in [-0.2, 0) is 52.7 Å². The van der Waals surface area contributed by atoms with Gasteiger partial charge in [0.15, 0.2) is 35.2 Å². The van der Waals surface area contributed by atoms with Gasteiger partial charge in [0.2, 0.25) is 47.3 Å². The molecule has 0 spiro atoms. The van der Waals surface area contributed by atoms with Crippen molar-refractivity contribution in [3.05, 3.63) is 0 Å². The molecule has 1 heterocycles. The van der Waals surface area contributed by atoms with Gasteiger partial charge in [0.25, 0.3) is 0 Å². The molecule has 8 amide bonds. The van der Waals surface area contributed by atoms with Crippen LogP contribution in [0.25, 0.3) is 0 Å². The quantitative estimate of drug-likeness (QED) is 0.0161. The maximum Gasteiger partial charge on any atom is 0.243 e. The fraction of sp³-hybridized carbons (Fsp3) is 0.731. The van der Waals surface area contributed by atoms with E-state index in [-0.39, 0.29) is 114 Å². The second kappa shape index (κ2) is 38.2. The SMILES string of the molecule is CC[C@@H](CCCN=C(N)N)C(=O)N1CCC[C@H]1C(=O)N[C@@H](CCC(N)=O)C(=O)N[C@@H](CCCN=C(N)N)C(=O)C[C@@H](CCC(N)=O)C(=O)N[C@@H](CCCCN)C(=O)C[C@@H](C)C(=O)N[C@H](C(=O)C[C@@H](CCCN=C(N)N)C(N)=O)C(C)C. The average Bonchev–Trinajstić information content (AvgIpc) is 3.98. The lowest BCUT2D eigenvalue weighted by Crippen LogP contribution is -2.56. The molecule has 81 heavy (non-hydrogen) atoms. The minimum atomic E-state index is -1.43. The number of Topliss-reactive ketones (excluding diaryl/α,β-unsaturated/α-hetero) is 3. The second-order valence-corrected chi connectivity index (χ2v) is 21.1. The molecule has 0 unspecified atom stereocenters. The molecular weight excluding hydrogens is 1050 g/mol. The molecule has 0 aromatic rings. The van der Waals surface area contributed by atoms with E-state index in [1.807, 2.05) is 6.92 Å². The highest BCUT2D eigenvalue weighted by atomic mass is 16.2. The van der Waals surface area contributed by atoms with Crippen LogP contribution in [-0.4, -0.2) is 150 Å². The lowest BCUT2D eigenvalue weighted by atomic mass is 9.89. The zero-order chi connectivity index (χ0) is 61.4. The largest absolute Gasteiger partial charge is 0.370 e. The fourth-order valence-electron chi connectivity index (χ4n) is 9.33. The average molecular weight is 1150 g/mol. The minimum absolute atomic E-state index is 0.0179. The molecule has 1 fully saturated rings. The van der Waals surface area contributed by atoms with Gasteiger partial charge in [0.1, 0.15) is 12.1 Å². The van der Waals surface area contributed by atoms with Crippen LogP contribution in [0.5, 0.6) is 0 Å². The third-order valence-electron chi connectivity index (χ3n) is 14.0. The van der Waals surface area contributed by atoms with Crippen molar-refractivity contribution < 1.29 is 52.7 Å². The smallest absolute Gasteiger partial charge is 0.243 e. The van der Waals surface area contributed by atoms with Gasteiger partial charge in [-0.15, -0.1) is 0 Å². The molecule has 0 bridgehead atoms. The first-order valence-electron chi connectivity index (χ1n) is 28.0. The number of aliphatic imine (C=N–C) groups is 3. The number of hydrogen-bond acceptors (Lipinski definition) is 15. The van der Waals surface area contributed by atoms with Gasteiger partial charge >= 0.3 is 0 Å². The lowest BCUT2D eigenvalue weighted by Gasteiger charge is -2.30. The summed E-state index contributed by atoms with van der Waals surface area (Å²) in [5.74, 6) is -11.8. The van der Waals surface area contributed by atoms with Crippen LogP contribution >= 0.6 is 0 Å². The Morgan fingerprint density at radius 2 is 1.01 bits per heavy atom. The Labute approximate surface area is 474 Å². The van der Waals surface area contributed by atoms with E-state index in [1.54, 1.807) is 13.8 Å². The van der Waals surface area contributed by atoms with E-state index in [4.69, 9.17) is 57.3 Å². The molecule has 1 rings (SSSR count). The Kier molecular flexibility index (Phi) is 33.8. The molecule has 0 aliphatic carbocycles. The maximum absolute atomic E-state index is 14.4. The molecular formula is C52H94N18O11. The summed E-state index contributed by atoms with van der Waals surface area (Å²) in [7, 11) is 0. The van der Waals surface area contributed by atoms with Crippen LogP contribution in [0.2, 0.25) is 0 Å². The molecule has 0 aromatic carbocycles. The van der Waals surface area contributed by atoms with Crippen LogP contribution in [0.4, 0.5) is 0 Å². The van der Waals surface area contributed by atoms with Gasteiger partial charge in [-0.25, -0.2) is 0 Å². The van der Waals surface area contributed by atoms with Gasteiger partial charge in [-0.2, -0.15) is 0 Å². The van der Waals surface area contributed by atoms with Crippen LogP contribution in [0.3, 0.4) is 0 Å². The van der Waals surface area contributed by atoms with Crippen molar-refractivity contribution in [2.75, 3.05) is 32.7 Å². The molecule has 0 radical (unpaired) electrons. The van der Waals surface area contributed by atoms with Crippen LogP contribution < -0.4 is 78.6 Å². The second-order valence-electron chi connectivity index (χ2n) is 21.1. The molecule has 24 N–H and O–H groups in total. The molecule has 9 atom stereocenters. The van der Waals surface area contributed by atoms with E-state index in [9.17, 15) is 52.7 Å². The van der Waals surface area contributed by atoms with Crippen molar-refractivity contribution in [3.63, 3.8) is 0 Å². The molecule has 1 aliphatic heterocycles. The number of nitrogens with one attached hydrogen (secondary N) is 4. The molecule has 458 valence electrons. The number of ketones is 3. The van der Waals surface area contributed by atoms with Gasteiger partial charge in [0.05, 0.1) is 18.1 Å². The molecule has 0 saturated carbocycles. The van der Waals surface area contributed by atoms with Gasteiger partial charge in [0, 0.05) is 82.0 Å². The summed E-state index contributed by atoms with van der Waals surface area (Å²) in [6, 6.07) is -6.00. The standard InChI is InChI=1S/C52H94N18O11/c1-5-31(12-8-22-63-50(57)58)49(81)70-25-11-16-37(70)48(80)68-36(18-20-42(55)75)47(79)67-35(15-10-24-65-52(61)62)39(72)28-33(17-19-41(54)74)46(78)66-34(14-6-7-21-53)38(71)26-30(4)45(77)69-43(29(2)3)40(73)27-32(44(56)76)13-9-23-64-51(59)60/h29-37,43H,5-28,53H2,1-4H3,(H2,54,74)(H2,55,75)(H2,56,76)(H,66,78)(H,67,79)(H,68,80)(H,69,77)(H4,57,58,63)(H4,59,60,64)(H4,61,62,65)/t30-,31+,32-,33-,34+,35+,36+,37+,43+/m1/s1. The van der Waals surface area contributed by atoms with E-state index in [0.29, 0.717) is 51.5 Å². The van der Waals surface area contributed by atoms with E-state index < -0.39 is 131 Å². The summed E-state index contributed by atoms with van der Waals surface area (Å²) in [5, 5.41) is 10.7. The minimum Gasteiger partial charge on any atom is -0.370 e. The highest BCUT2D eigenvalue weighted by Crippen LogP contribution is 2.25. The van der Waals surface area contributed by atoms with Crippen molar-refractivity contribution >= 4 is 82.5 Å². The molecule has 29 nitrogen and oxygen atoms in total. The van der Waals surface area contributed by atoms with Crippen LogP contribution in [0.15, 0.2) is 15.0 Å². The van der Waals surface area contributed by atoms with E-state index >= 15 is 0 Å². The Balaban J connectivity index is 3.46. The maximum atomic E-state index is 14.4. The highest BCUT2D eigenvalue weighted by Gasteiger charge is 2.39. The fourth-order valence-corrected chi connectivity index (χ4v) is 9.33. The summed E-state index contributed by atoms with van der Waals surface area (Å²) in [6.45, 7) is 7.80. The van der Waals surface area contributed by atoms with Gasteiger partial charge in [-0.1, -0.05) is 27.7 Å². The predicted molar refractivity (Wildman–Crippen MR) is 305 cm³/mol. The number of unbranched alkanes of at least 4 members (excludes halogenated alkanes) is 1. The summed E-state index contributed by atoms with van der Waals surface area (Å²) in [4.78, 5) is 162. The topological polar surface area (TPSA) is 536 Å².